The molecule has 0 bridgehead atoms. The third-order valence-corrected chi connectivity index (χ3v) is 12.0. The predicted molar refractivity (Wildman–Crippen MR) is 219 cm³/mol. The van der Waals surface area contributed by atoms with E-state index in [1.165, 1.54) is 18.2 Å². The van der Waals surface area contributed by atoms with Gasteiger partial charge in [0.2, 0.25) is 0 Å². The highest BCUT2D eigenvalue weighted by molar-refractivity contribution is 9.10. The van der Waals surface area contributed by atoms with Gasteiger partial charge in [0.1, 0.15) is 48.6 Å². The minimum atomic E-state index is -4.92. The van der Waals surface area contributed by atoms with E-state index in [-0.39, 0.29) is 51.8 Å². The van der Waals surface area contributed by atoms with Gasteiger partial charge in [-0.15, -0.1) is 13.2 Å². The fraction of sp³-hybridized carbons (Fsp3) is 0.452. The number of hydrogen-bond acceptors (Lipinski definition) is 6. The van der Waals surface area contributed by atoms with E-state index in [1.807, 2.05) is 25.1 Å². The quantitative estimate of drug-likeness (QED) is 0.230. The first kappa shape index (κ1) is 40.0. The van der Waals surface area contributed by atoms with Crippen LogP contribution in [0.3, 0.4) is 0 Å². The standard InChI is InChI=1S/C31H43B8BrF3N3O4/c1-15-23(19-13-17(40)10-11-20(19)45-24(15)46-29(36,37)27(32,33)28(34,35)30(46,38)39)25(48)44-14-16(9-12-22(47)50-26(2,3)4)18-7-5-6-8-21(18)49-31(41,42)43/h5-8,10-11,13,16H,9,12,14,32-39H2,1-4H3,(H,44,48). The monoisotopic (exact) mass is 745 g/mol. The van der Waals surface area contributed by atoms with E-state index in [2.05, 4.69) is 93.7 Å². The van der Waals surface area contributed by atoms with Crippen LogP contribution in [0.25, 0.3) is 10.9 Å². The smallest absolute Gasteiger partial charge is 0.460 e. The maximum Gasteiger partial charge on any atom is 0.573 e. The first-order valence-electron chi connectivity index (χ1n) is 17.0. The number of halogens is 4. The Balaban J connectivity index is 1.80. The van der Waals surface area contributed by atoms with Gasteiger partial charge in [-0.3, -0.25) is 9.59 Å². The molecule has 2 aromatic carbocycles. The maximum absolute atomic E-state index is 14.4. The Kier molecular flexibility index (Phi) is 10.9. The summed E-state index contributed by atoms with van der Waals surface area (Å²) in [5.41, 5.74) is 1.24. The zero-order valence-electron chi connectivity index (χ0n) is 31.3. The van der Waals surface area contributed by atoms with Crippen LogP contribution >= 0.6 is 15.9 Å². The lowest BCUT2D eigenvalue weighted by Gasteiger charge is -2.47. The summed E-state index contributed by atoms with van der Waals surface area (Å²) in [7, 11) is 17.9. The second kappa shape index (κ2) is 13.6. The Hall–Kier alpha value is -2.82. The van der Waals surface area contributed by atoms with Crippen LogP contribution in [-0.2, 0) is 9.53 Å². The summed E-state index contributed by atoms with van der Waals surface area (Å²) in [5, 5.41) is 2.58. The van der Waals surface area contributed by atoms with Crippen molar-refractivity contribution in [3.8, 4) is 5.75 Å². The molecule has 7 nitrogen and oxygen atoms in total. The molecule has 258 valence electrons. The fourth-order valence-electron chi connectivity index (χ4n) is 7.54. The Morgan fingerprint density at radius 1 is 0.960 bits per heavy atom. The van der Waals surface area contributed by atoms with Crippen LogP contribution in [0.4, 0.5) is 19.0 Å². The number of fused-ring (bicyclic) bond motifs is 1. The van der Waals surface area contributed by atoms with Crippen molar-refractivity contribution in [2.45, 2.75) is 79.5 Å². The second-order valence-electron chi connectivity index (χ2n) is 16.4. The lowest BCUT2D eigenvalue weighted by molar-refractivity contribution is -0.275. The van der Waals surface area contributed by atoms with Gasteiger partial charge in [-0.25, -0.2) is 4.98 Å². The van der Waals surface area contributed by atoms with E-state index in [1.54, 1.807) is 26.8 Å². The van der Waals surface area contributed by atoms with Crippen molar-refractivity contribution in [3.63, 3.8) is 0 Å². The average molecular weight is 745 g/mol. The molecule has 1 saturated heterocycles. The van der Waals surface area contributed by atoms with E-state index in [9.17, 15) is 22.8 Å². The summed E-state index contributed by atoms with van der Waals surface area (Å²) in [4.78, 5) is 34.7. The molecular weight excluding hydrogens is 702 g/mol. The molecule has 0 radical (unpaired) electrons. The minimum absolute atomic E-state index is 0.0623. The summed E-state index contributed by atoms with van der Waals surface area (Å²) in [6.07, 6.45) is -4.88. The topological polar surface area (TPSA) is 80.8 Å². The number of pyridine rings is 1. The Morgan fingerprint density at radius 2 is 1.54 bits per heavy atom. The average Bonchev–Trinajstić information content (AvgIpc) is 3.02. The molecule has 19 heteroatoms. The SMILES string of the molecule is BC1(B)N(c2nc3ccc(Br)cc3c(C(=O)NCC(CCC(=O)OC(C)(C)C)c3ccccc3OC(F)(F)F)c2C)C(B)(B)C(B)(B)C1(B)B. The maximum atomic E-state index is 14.4. The summed E-state index contributed by atoms with van der Waals surface area (Å²) in [6.45, 7) is 7.07. The van der Waals surface area contributed by atoms with E-state index >= 15 is 0 Å². The van der Waals surface area contributed by atoms with Crippen LogP contribution in [0.5, 0.6) is 5.75 Å². The molecule has 1 fully saturated rings. The number of aromatic nitrogens is 1. The molecule has 1 aliphatic heterocycles. The minimum Gasteiger partial charge on any atom is -0.460 e. The Labute approximate surface area is 309 Å². The molecule has 4 rings (SSSR count). The van der Waals surface area contributed by atoms with E-state index < -0.39 is 29.8 Å². The molecular formula is C31H43B8BrF3N3O4. The number of anilines is 1. The summed E-state index contributed by atoms with van der Waals surface area (Å²) >= 11 is 3.55. The number of benzene rings is 2. The molecule has 1 N–H and O–H groups in total. The second-order valence-corrected chi connectivity index (χ2v) is 17.3. The number of carbonyl (C=O) groups is 2. The first-order chi connectivity index (χ1) is 22.7. The molecule has 3 aromatic rings. The highest BCUT2D eigenvalue weighted by atomic mass is 79.9. The number of esters is 1. The van der Waals surface area contributed by atoms with Crippen molar-refractivity contribution < 1.29 is 32.2 Å². The lowest BCUT2D eigenvalue weighted by atomic mass is 9.17. The number of nitrogens with one attached hydrogen (secondary N) is 1. The van der Waals surface area contributed by atoms with Crippen LogP contribution in [0.15, 0.2) is 46.9 Å². The number of hydrogen-bond donors (Lipinski definition) is 1. The van der Waals surface area contributed by atoms with Crippen molar-refractivity contribution in [3.05, 3.63) is 63.6 Å². The van der Waals surface area contributed by atoms with Crippen LogP contribution in [0.2, 0.25) is 10.4 Å². The largest absolute Gasteiger partial charge is 0.573 e. The molecule has 0 aliphatic carbocycles. The fourth-order valence-corrected chi connectivity index (χ4v) is 7.90. The van der Waals surface area contributed by atoms with Crippen LogP contribution in [0, 0.1) is 6.92 Å². The van der Waals surface area contributed by atoms with Crippen LogP contribution in [0.1, 0.15) is 61.0 Å². The van der Waals surface area contributed by atoms with Gasteiger partial charge < -0.3 is 19.7 Å². The van der Waals surface area contributed by atoms with Gasteiger partial charge >= 0.3 is 12.3 Å². The van der Waals surface area contributed by atoms with Crippen molar-refractivity contribution in [1.29, 1.82) is 0 Å². The number of amides is 1. The summed E-state index contributed by atoms with van der Waals surface area (Å²) in [5.74, 6) is -1.29. The molecule has 1 atom stereocenters. The zero-order chi connectivity index (χ0) is 37.8. The van der Waals surface area contributed by atoms with Gasteiger partial charge in [-0.1, -0.05) is 44.6 Å². The molecule has 0 spiro atoms. The summed E-state index contributed by atoms with van der Waals surface area (Å²) in [6, 6.07) is 11.4. The summed E-state index contributed by atoms with van der Waals surface area (Å²) < 4.78 is 50.9. The molecule has 1 amide bonds. The zero-order valence-corrected chi connectivity index (χ0v) is 32.9. The third-order valence-electron chi connectivity index (χ3n) is 11.6. The first-order valence-corrected chi connectivity index (χ1v) is 17.8. The highest BCUT2D eigenvalue weighted by Gasteiger charge is 2.65. The van der Waals surface area contributed by atoms with Gasteiger partial charge in [0.25, 0.3) is 5.91 Å². The number of rotatable bonds is 9. The van der Waals surface area contributed by atoms with Crippen molar-refractivity contribution >= 4 is 107 Å². The molecule has 2 heterocycles. The number of alkyl halides is 3. The highest BCUT2D eigenvalue weighted by Crippen LogP contribution is 2.64. The normalized spacial score (nSPS) is 18.4. The number of nitrogens with zero attached hydrogens (tertiary/aromatic N) is 2. The van der Waals surface area contributed by atoms with Crippen LogP contribution < -0.4 is 15.0 Å². The predicted octanol–water partition coefficient (Wildman–Crippen LogP) is -0.735. The van der Waals surface area contributed by atoms with Crippen molar-refractivity contribution in [2.24, 2.45) is 0 Å². The van der Waals surface area contributed by atoms with Crippen molar-refractivity contribution in [1.82, 2.24) is 10.3 Å². The van der Waals surface area contributed by atoms with Gasteiger partial charge in [-0.2, -0.15) is 0 Å². The van der Waals surface area contributed by atoms with E-state index in [4.69, 9.17) is 9.72 Å². The van der Waals surface area contributed by atoms with Gasteiger partial charge in [-0.05, 0) is 74.6 Å². The van der Waals surface area contributed by atoms with E-state index in [0.717, 1.165) is 4.47 Å². The van der Waals surface area contributed by atoms with Gasteiger partial charge in [0, 0.05) is 34.3 Å². The molecule has 1 aromatic heterocycles. The molecule has 0 saturated carbocycles. The number of ether oxygens (including phenoxy) is 2. The molecule has 1 unspecified atom stereocenters. The van der Waals surface area contributed by atoms with E-state index in [0.29, 0.717) is 27.8 Å². The lowest BCUT2D eigenvalue weighted by Crippen LogP contribution is -2.60. The Morgan fingerprint density at radius 3 is 2.10 bits per heavy atom. The van der Waals surface area contributed by atoms with Crippen molar-refractivity contribution in [2.75, 3.05) is 11.4 Å². The Bertz CT molecular complexity index is 1780. The van der Waals surface area contributed by atoms with Crippen LogP contribution in [-0.4, -0.2) is 109 Å². The molecule has 1 aliphatic rings. The third kappa shape index (κ3) is 7.54. The molecule has 50 heavy (non-hydrogen) atoms. The van der Waals surface area contributed by atoms with Gasteiger partial charge in [0.15, 0.2) is 0 Å². The number of carbonyl (C=O) groups excluding carboxylic acids is 2. The van der Waals surface area contributed by atoms with Gasteiger partial charge in [0.05, 0.1) is 42.5 Å². The number of para-hydroxylation sites is 1.